The molecule has 0 aromatic rings. The minimum Gasteiger partial charge on any atom is -0.376 e. The average Bonchev–Trinajstić information content (AvgIpc) is 2.05. The number of aliphatic hydroxyl groups is 1. The topological polar surface area (TPSA) is 44.3 Å². The zero-order chi connectivity index (χ0) is 8.69. The summed E-state index contributed by atoms with van der Waals surface area (Å²) in [5, 5.41) is 17.7. The van der Waals surface area contributed by atoms with Crippen molar-refractivity contribution >= 4 is 11.8 Å². The lowest BCUT2D eigenvalue weighted by molar-refractivity contribution is 0.125. The zero-order valence-electron chi connectivity index (χ0n) is 7.01. The summed E-state index contributed by atoms with van der Waals surface area (Å²) in [4.78, 5) is 0. The van der Waals surface area contributed by atoms with Gasteiger partial charge >= 0.3 is 0 Å². The molecule has 0 saturated carbocycles. The largest absolute Gasteiger partial charge is 0.376 e. The molecule has 0 bridgehead atoms. The van der Waals surface area contributed by atoms with Gasteiger partial charge in [0.2, 0.25) is 0 Å². The second-order valence-corrected chi connectivity index (χ2v) is 2.56. The molecule has 64 valence electrons. The first kappa shape index (κ1) is 10.8. The minimum atomic E-state index is -0.611. The number of aliphatic hydroxyl groups excluding tert-OH is 1. The molecule has 0 fully saturated rings. The number of likely N-dealkylation sites (N-methyl/N-ethyl adjacent to an activating group) is 2. The number of hydrogen-bond acceptors (Lipinski definition) is 4. The van der Waals surface area contributed by atoms with Crippen molar-refractivity contribution in [3.8, 4) is 11.2 Å². The van der Waals surface area contributed by atoms with Crippen molar-refractivity contribution < 1.29 is 5.11 Å². The Morgan fingerprint density at radius 1 is 1.36 bits per heavy atom. The summed E-state index contributed by atoms with van der Waals surface area (Å²) >= 11 is 1.43. The molecule has 2 unspecified atom stereocenters. The Bertz CT molecular complexity index is 152. The van der Waals surface area contributed by atoms with Gasteiger partial charge in [0.15, 0.2) is 0 Å². The van der Waals surface area contributed by atoms with Crippen LogP contribution in [0.4, 0.5) is 0 Å². The van der Waals surface area contributed by atoms with Crippen LogP contribution < -0.4 is 10.6 Å². The maximum Gasteiger partial charge on any atom is 0.131 e. The Labute approximate surface area is 71.9 Å². The normalized spacial score (nSPS) is 14.9. The summed E-state index contributed by atoms with van der Waals surface area (Å²) in [5.41, 5.74) is 0. The van der Waals surface area contributed by atoms with Crippen molar-refractivity contribution in [3.63, 3.8) is 0 Å². The van der Waals surface area contributed by atoms with Crippen LogP contribution in [-0.2, 0) is 0 Å². The van der Waals surface area contributed by atoms with Gasteiger partial charge in [-0.2, -0.15) is 0 Å². The van der Waals surface area contributed by atoms with Gasteiger partial charge in [0.25, 0.3) is 0 Å². The zero-order valence-corrected chi connectivity index (χ0v) is 7.83. The van der Waals surface area contributed by atoms with Gasteiger partial charge < -0.3 is 10.4 Å². The first-order valence-electron chi connectivity index (χ1n) is 3.32. The molecule has 0 saturated heterocycles. The lowest BCUT2D eigenvalue weighted by Gasteiger charge is -2.15. The van der Waals surface area contributed by atoms with E-state index in [-0.39, 0.29) is 6.04 Å². The number of hydrogen-bond donors (Lipinski definition) is 3. The highest BCUT2D eigenvalue weighted by molar-refractivity contribution is 8.03. The van der Waals surface area contributed by atoms with Crippen molar-refractivity contribution in [2.75, 3.05) is 20.4 Å². The van der Waals surface area contributed by atoms with E-state index in [9.17, 15) is 5.11 Å². The van der Waals surface area contributed by atoms with Crippen LogP contribution in [0.5, 0.6) is 0 Å². The molecule has 2 atom stereocenters. The quantitative estimate of drug-likeness (QED) is 0.396. The molecule has 3 N–H and O–H groups in total. The third-order valence-corrected chi connectivity index (χ3v) is 1.56. The van der Waals surface area contributed by atoms with Crippen LogP contribution in [0.25, 0.3) is 0 Å². The Morgan fingerprint density at radius 3 is 2.36 bits per heavy atom. The Kier molecular flexibility index (Phi) is 6.37. The number of thioether (sulfide) groups is 1. The minimum absolute atomic E-state index is 0.201. The highest BCUT2D eigenvalue weighted by atomic mass is 32.2. The summed E-state index contributed by atoms with van der Waals surface area (Å²) in [6.07, 6.45) is 1.28. The van der Waals surface area contributed by atoms with Gasteiger partial charge in [-0.3, -0.25) is 5.32 Å². The van der Waals surface area contributed by atoms with Crippen LogP contribution in [0.3, 0.4) is 0 Å². The van der Waals surface area contributed by atoms with Crippen molar-refractivity contribution in [1.82, 2.24) is 10.6 Å². The molecule has 0 aliphatic heterocycles. The lowest BCUT2D eigenvalue weighted by atomic mass is 10.3. The molecule has 4 heteroatoms. The van der Waals surface area contributed by atoms with E-state index < -0.39 is 6.23 Å². The van der Waals surface area contributed by atoms with E-state index in [0.29, 0.717) is 0 Å². The van der Waals surface area contributed by atoms with Gasteiger partial charge in [0, 0.05) is 0 Å². The molecule has 0 rings (SSSR count). The van der Waals surface area contributed by atoms with Gasteiger partial charge in [-0.15, -0.1) is 0 Å². The fraction of sp³-hybridized carbons (Fsp3) is 0.714. The van der Waals surface area contributed by atoms with Crippen molar-refractivity contribution in [2.24, 2.45) is 0 Å². The lowest BCUT2D eigenvalue weighted by Crippen LogP contribution is -2.44. The SMILES string of the molecule is CNC(O)C(C#CSC)NC. The van der Waals surface area contributed by atoms with E-state index in [0.717, 1.165) is 0 Å². The third-order valence-electron chi connectivity index (χ3n) is 1.24. The van der Waals surface area contributed by atoms with Gasteiger partial charge in [-0.1, -0.05) is 17.7 Å². The second-order valence-electron chi connectivity index (χ2n) is 1.95. The van der Waals surface area contributed by atoms with Crippen LogP contribution in [-0.4, -0.2) is 37.7 Å². The van der Waals surface area contributed by atoms with Gasteiger partial charge in [0.1, 0.15) is 12.3 Å². The maximum atomic E-state index is 9.26. The van der Waals surface area contributed by atoms with Crippen LogP contribution in [0, 0.1) is 11.2 Å². The molecule has 0 amide bonds. The summed E-state index contributed by atoms with van der Waals surface area (Å²) < 4.78 is 0. The van der Waals surface area contributed by atoms with Gasteiger partial charge in [-0.05, 0) is 25.6 Å². The van der Waals surface area contributed by atoms with Gasteiger partial charge in [-0.25, -0.2) is 0 Å². The highest BCUT2D eigenvalue weighted by Gasteiger charge is 2.10. The Hall–Kier alpha value is -0.210. The Balaban J connectivity index is 3.94. The molecule has 0 aromatic carbocycles. The molecule has 0 spiro atoms. The van der Waals surface area contributed by atoms with E-state index in [1.807, 2.05) is 6.26 Å². The molecular weight excluding hydrogens is 160 g/mol. The summed E-state index contributed by atoms with van der Waals surface area (Å²) in [7, 11) is 3.45. The second kappa shape index (κ2) is 6.50. The standard InChI is InChI=1S/C7H14N2OS/c1-8-6(4-5-11-3)7(10)9-2/h6-10H,1-3H3. The van der Waals surface area contributed by atoms with Crippen molar-refractivity contribution in [1.29, 1.82) is 0 Å². The first-order valence-corrected chi connectivity index (χ1v) is 4.54. The number of nitrogens with one attached hydrogen (secondary N) is 2. The fourth-order valence-electron chi connectivity index (χ4n) is 0.598. The molecule has 0 heterocycles. The van der Waals surface area contributed by atoms with Crippen LogP contribution in [0.1, 0.15) is 0 Å². The molecule has 0 aromatic heterocycles. The van der Waals surface area contributed by atoms with Crippen molar-refractivity contribution in [3.05, 3.63) is 0 Å². The third kappa shape index (κ3) is 4.27. The van der Waals surface area contributed by atoms with Gasteiger partial charge in [0.05, 0.1) is 0 Å². The predicted molar refractivity (Wildman–Crippen MR) is 49.2 cm³/mol. The average molecular weight is 174 g/mol. The van der Waals surface area contributed by atoms with E-state index in [1.54, 1.807) is 14.1 Å². The Morgan fingerprint density at radius 2 is 2.00 bits per heavy atom. The van der Waals surface area contributed by atoms with Crippen molar-refractivity contribution in [2.45, 2.75) is 12.3 Å². The van der Waals surface area contributed by atoms with E-state index in [4.69, 9.17) is 0 Å². The highest BCUT2D eigenvalue weighted by Crippen LogP contribution is 1.90. The van der Waals surface area contributed by atoms with Crippen LogP contribution in [0.2, 0.25) is 0 Å². The number of rotatable bonds is 3. The molecule has 0 radical (unpaired) electrons. The fourth-order valence-corrected chi connectivity index (χ4v) is 0.843. The van der Waals surface area contributed by atoms with Crippen LogP contribution >= 0.6 is 11.8 Å². The summed E-state index contributed by atoms with van der Waals surface area (Å²) in [6.45, 7) is 0. The van der Waals surface area contributed by atoms with Crippen LogP contribution in [0.15, 0.2) is 0 Å². The first-order chi connectivity index (χ1) is 5.26. The van der Waals surface area contributed by atoms with E-state index in [2.05, 4.69) is 21.8 Å². The smallest absolute Gasteiger partial charge is 0.131 e. The van der Waals surface area contributed by atoms with E-state index in [1.165, 1.54) is 11.8 Å². The predicted octanol–water partition coefficient (Wildman–Crippen LogP) is -0.564. The molecule has 0 aliphatic rings. The molecule has 11 heavy (non-hydrogen) atoms. The monoisotopic (exact) mass is 174 g/mol. The molecule has 0 aliphatic carbocycles. The molecule has 3 nitrogen and oxygen atoms in total. The van der Waals surface area contributed by atoms with E-state index >= 15 is 0 Å². The summed E-state index contributed by atoms with van der Waals surface area (Å²) in [5.74, 6) is 2.86. The maximum absolute atomic E-state index is 9.26. The summed E-state index contributed by atoms with van der Waals surface area (Å²) in [6, 6.07) is -0.201. The molecular formula is C7H14N2OS.